The molecule has 1 aliphatic rings. The van der Waals surface area contributed by atoms with Crippen LogP contribution in [0.2, 0.25) is 0 Å². The van der Waals surface area contributed by atoms with Crippen molar-refractivity contribution in [1.29, 1.82) is 0 Å². The summed E-state index contributed by atoms with van der Waals surface area (Å²) in [5, 5.41) is 5.24. The van der Waals surface area contributed by atoms with Crippen LogP contribution >= 0.6 is 11.3 Å². The van der Waals surface area contributed by atoms with E-state index in [-0.39, 0.29) is 11.7 Å². The minimum Gasteiger partial charge on any atom is -0.379 e. The Labute approximate surface area is 150 Å². The maximum absolute atomic E-state index is 13.7. The first-order chi connectivity index (χ1) is 12.1. The largest absolute Gasteiger partial charge is 0.379 e. The highest BCUT2D eigenvalue weighted by Crippen LogP contribution is 2.19. The van der Waals surface area contributed by atoms with Crippen LogP contribution in [0.15, 0.2) is 35.7 Å². The molecule has 25 heavy (non-hydrogen) atoms. The monoisotopic (exact) mass is 361 g/mol. The van der Waals surface area contributed by atoms with E-state index in [0.29, 0.717) is 16.3 Å². The van der Waals surface area contributed by atoms with E-state index in [1.807, 2.05) is 5.38 Å². The topological polar surface area (TPSA) is 54.5 Å². The van der Waals surface area contributed by atoms with Crippen LogP contribution in [0.3, 0.4) is 0 Å². The van der Waals surface area contributed by atoms with Crippen LogP contribution in [0.5, 0.6) is 0 Å². The van der Waals surface area contributed by atoms with Crippen LogP contribution in [-0.4, -0.2) is 42.1 Å². The van der Waals surface area contributed by atoms with Crippen molar-refractivity contribution >= 4 is 27.9 Å². The summed E-state index contributed by atoms with van der Waals surface area (Å²) < 4.78 is 19.1. The molecule has 1 aromatic heterocycles. The predicted molar refractivity (Wildman–Crippen MR) is 96.9 cm³/mol. The molecule has 1 N–H and O–H groups in total. The fourth-order valence-electron chi connectivity index (χ4n) is 2.62. The van der Waals surface area contributed by atoms with Gasteiger partial charge in [0.2, 0.25) is 5.91 Å². The Morgan fingerprint density at radius 3 is 2.92 bits per heavy atom. The number of amides is 1. The molecule has 0 spiro atoms. The second-order valence-corrected chi connectivity index (χ2v) is 6.69. The third-order valence-corrected chi connectivity index (χ3v) is 4.72. The normalized spacial score (nSPS) is 16.0. The number of carbonyl (C=O) groups is 1. The molecule has 1 amide bonds. The number of morpholine rings is 1. The second kappa shape index (κ2) is 8.33. The average molecular weight is 361 g/mol. The number of thiazole rings is 1. The van der Waals surface area contributed by atoms with Crippen molar-refractivity contribution < 1.29 is 13.9 Å². The zero-order valence-electron chi connectivity index (χ0n) is 14.0. The molecule has 2 heterocycles. The molecule has 5 nitrogen and oxygen atoms in total. The highest BCUT2D eigenvalue weighted by molar-refractivity contribution is 7.13. The molecule has 1 fully saturated rings. The fourth-order valence-corrected chi connectivity index (χ4v) is 3.33. The number of carbonyl (C=O) groups excluding carboxylic acids is 1. The third-order valence-electron chi connectivity index (χ3n) is 3.92. The van der Waals surface area contributed by atoms with Crippen molar-refractivity contribution in [3.05, 3.63) is 52.8 Å². The average Bonchev–Trinajstić information content (AvgIpc) is 3.02. The fraction of sp³-hybridized carbons (Fsp3) is 0.333. The van der Waals surface area contributed by atoms with Gasteiger partial charge in [-0.1, -0.05) is 18.2 Å². The maximum atomic E-state index is 13.7. The molecule has 1 saturated heterocycles. The van der Waals surface area contributed by atoms with Crippen LogP contribution < -0.4 is 5.32 Å². The number of allylic oxidation sites excluding steroid dienone is 1. The van der Waals surface area contributed by atoms with Gasteiger partial charge in [0.25, 0.3) is 0 Å². The van der Waals surface area contributed by atoms with Gasteiger partial charge < -0.3 is 4.74 Å². The number of anilines is 1. The van der Waals surface area contributed by atoms with Crippen molar-refractivity contribution in [3.8, 4) is 0 Å². The lowest BCUT2D eigenvalue weighted by atomic mass is 10.1. The zero-order valence-corrected chi connectivity index (χ0v) is 14.8. The number of ether oxygens (including phenoxy) is 1. The number of hydrogen-bond acceptors (Lipinski definition) is 5. The summed E-state index contributed by atoms with van der Waals surface area (Å²) in [6.07, 6.45) is 1.39. The maximum Gasteiger partial charge on any atom is 0.250 e. The molecule has 7 heteroatoms. The van der Waals surface area contributed by atoms with Crippen molar-refractivity contribution in [2.24, 2.45) is 0 Å². The van der Waals surface area contributed by atoms with Gasteiger partial charge in [0, 0.05) is 36.7 Å². The molecule has 0 unspecified atom stereocenters. The summed E-state index contributed by atoms with van der Waals surface area (Å²) in [5.74, 6) is -0.654. The van der Waals surface area contributed by atoms with E-state index in [1.54, 1.807) is 25.1 Å². The summed E-state index contributed by atoms with van der Waals surface area (Å²) in [5.41, 5.74) is 1.92. The molecule has 0 aliphatic carbocycles. The highest BCUT2D eigenvalue weighted by Gasteiger charge is 2.13. The lowest BCUT2D eigenvalue weighted by Gasteiger charge is -2.25. The number of nitrogens with zero attached hydrogens (tertiary/aromatic N) is 2. The van der Waals surface area contributed by atoms with Crippen molar-refractivity contribution in [3.63, 3.8) is 0 Å². The molecule has 1 aliphatic heterocycles. The van der Waals surface area contributed by atoms with E-state index in [2.05, 4.69) is 15.2 Å². The van der Waals surface area contributed by atoms with Gasteiger partial charge in [0.05, 0.1) is 18.9 Å². The molecule has 0 radical (unpaired) electrons. The number of rotatable bonds is 5. The Bertz CT molecular complexity index is 769. The Balaban J connectivity index is 1.59. The van der Waals surface area contributed by atoms with Crippen molar-refractivity contribution in [2.45, 2.75) is 13.5 Å². The Morgan fingerprint density at radius 1 is 1.40 bits per heavy atom. The van der Waals surface area contributed by atoms with E-state index < -0.39 is 0 Å². The minimum atomic E-state index is -0.342. The Hall–Kier alpha value is -2.09. The van der Waals surface area contributed by atoms with E-state index in [0.717, 1.165) is 38.5 Å². The number of hydrogen-bond donors (Lipinski definition) is 1. The van der Waals surface area contributed by atoms with E-state index in [9.17, 15) is 9.18 Å². The molecule has 0 atom stereocenters. The van der Waals surface area contributed by atoms with Gasteiger partial charge in [0.15, 0.2) is 5.13 Å². The Kier molecular flexibility index (Phi) is 5.91. The van der Waals surface area contributed by atoms with Crippen LogP contribution in [0.1, 0.15) is 18.2 Å². The van der Waals surface area contributed by atoms with Gasteiger partial charge in [-0.2, -0.15) is 0 Å². The summed E-state index contributed by atoms with van der Waals surface area (Å²) in [6, 6.07) is 6.39. The quantitative estimate of drug-likeness (QED) is 0.831. The van der Waals surface area contributed by atoms with Gasteiger partial charge in [-0.15, -0.1) is 11.3 Å². The van der Waals surface area contributed by atoms with Gasteiger partial charge in [0.1, 0.15) is 5.82 Å². The number of benzene rings is 1. The molecular formula is C18H20FN3O2S. The molecule has 132 valence electrons. The summed E-state index contributed by atoms with van der Waals surface area (Å²) in [7, 11) is 0. The third kappa shape index (κ3) is 4.94. The van der Waals surface area contributed by atoms with E-state index in [1.165, 1.54) is 23.5 Å². The van der Waals surface area contributed by atoms with Crippen molar-refractivity contribution in [2.75, 3.05) is 31.6 Å². The van der Waals surface area contributed by atoms with E-state index >= 15 is 0 Å². The molecule has 0 bridgehead atoms. The van der Waals surface area contributed by atoms with Gasteiger partial charge in [-0.25, -0.2) is 9.37 Å². The lowest BCUT2D eigenvalue weighted by Crippen LogP contribution is -2.35. The predicted octanol–water partition coefficient (Wildman–Crippen LogP) is 3.16. The van der Waals surface area contributed by atoms with Crippen LogP contribution in [0.25, 0.3) is 5.57 Å². The molecular weight excluding hydrogens is 341 g/mol. The zero-order chi connectivity index (χ0) is 17.6. The number of halogens is 1. The van der Waals surface area contributed by atoms with Crippen LogP contribution in [0.4, 0.5) is 9.52 Å². The molecule has 1 aromatic carbocycles. The van der Waals surface area contributed by atoms with Crippen LogP contribution in [-0.2, 0) is 16.1 Å². The standard InChI is InChI=1S/C18H20FN3O2S/c1-13(15-4-2-3-5-16(15)19)10-17(23)21-18-20-14(12-25-18)11-22-6-8-24-9-7-22/h2-5,10,12H,6-9,11H2,1H3,(H,20,21,23)/b13-10+. The minimum absolute atomic E-state index is 0.312. The number of aromatic nitrogens is 1. The van der Waals surface area contributed by atoms with Gasteiger partial charge >= 0.3 is 0 Å². The molecule has 3 rings (SSSR count). The SMILES string of the molecule is C/C(=C\C(=O)Nc1nc(CN2CCOCC2)cs1)c1ccccc1F. The first-order valence-corrected chi connectivity index (χ1v) is 8.98. The molecule has 0 saturated carbocycles. The lowest BCUT2D eigenvalue weighted by molar-refractivity contribution is -0.111. The smallest absolute Gasteiger partial charge is 0.250 e. The Morgan fingerprint density at radius 2 is 2.16 bits per heavy atom. The summed E-state index contributed by atoms with van der Waals surface area (Å²) in [4.78, 5) is 18.8. The second-order valence-electron chi connectivity index (χ2n) is 5.83. The van der Waals surface area contributed by atoms with E-state index in [4.69, 9.17) is 4.74 Å². The van der Waals surface area contributed by atoms with Gasteiger partial charge in [-0.3, -0.25) is 15.0 Å². The summed E-state index contributed by atoms with van der Waals surface area (Å²) in [6.45, 7) is 5.73. The summed E-state index contributed by atoms with van der Waals surface area (Å²) >= 11 is 1.39. The first kappa shape index (κ1) is 17.7. The highest BCUT2D eigenvalue weighted by atomic mass is 32.1. The molecule has 2 aromatic rings. The van der Waals surface area contributed by atoms with Gasteiger partial charge in [-0.05, 0) is 18.6 Å². The number of nitrogens with one attached hydrogen (secondary N) is 1. The van der Waals surface area contributed by atoms with Crippen molar-refractivity contribution in [1.82, 2.24) is 9.88 Å². The first-order valence-electron chi connectivity index (χ1n) is 8.10. The van der Waals surface area contributed by atoms with Crippen LogP contribution in [0, 0.1) is 5.82 Å².